The van der Waals surface area contributed by atoms with E-state index in [2.05, 4.69) is 5.32 Å². The van der Waals surface area contributed by atoms with Crippen LogP contribution in [0.5, 0.6) is 17.2 Å². The van der Waals surface area contributed by atoms with Crippen LogP contribution in [-0.4, -0.2) is 33.0 Å². The van der Waals surface area contributed by atoms with Gasteiger partial charge in [0.25, 0.3) is 0 Å². The third-order valence-corrected chi connectivity index (χ3v) is 6.33. The fraction of sp³-hybridized carbons (Fsp3) is 0.360. The fourth-order valence-corrected chi connectivity index (χ4v) is 4.72. The molecule has 2 atom stereocenters. The third kappa shape index (κ3) is 4.34. The monoisotopic (exact) mass is 475 g/mol. The van der Waals surface area contributed by atoms with Gasteiger partial charge in [-0.1, -0.05) is 12.1 Å². The zero-order chi connectivity index (χ0) is 24.6. The molecule has 0 aromatic heterocycles. The number of carbonyl (C=O) groups is 2. The largest absolute Gasteiger partial charge is 0.493 e. The van der Waals surface area contributed by atoms with E-state index < -0.39 is 17.7 Å². The van der Waals surface area contributed by atoms with Crippen molar-refractivity contribution in [3.05, 3.63) is 64.4 Å². The van der Waals surface area contributed by atoms with E-state index in [-0.39, 0.29) is 30.4 Å². The van der Waals surface area contributed by atoms with Crippen LogP contribution in [0.1, 0.15) is 47.8 Å². The molecule has 0 spiro atoms. The Kier molecular flexibility index (Phi) is 6.29. The van der Waals surface area contributed by atoms with E-state index in [1.807, 2.05) is 0 Å². The zero-order valence-corrected chi connectivity index (χ0v) is 18.9. The predicted octanol–water partition coefficient (Wildman–Crippen LogP) is 4.74. The van der Waals surface area contributed by atoms with Gasteiger partial charge in [0.2, 0.25) is 11.7 Å². The summed E-state index contributed by atoms with van der Waals surface area (Å²) < 4.78 is 55.1. The molecule has 2 aromatic rings. The van der Waals surface area contributed by atoms with Crippen LogP contribution < -0.4 is 19.5 Å². The number of rotatable bonds is 5. The molecule has 2 aromatic carbocycles. The molecule has 1 N–H and O–H groups in total. The quantitative estimate of drug-likeness (QED) is 0.677. The average molecular weight is 475 g/mol. The van der Waals surface area contributed by atoms with Gasteiger partial charge >= 0.3 is 6.18 Å². The van der Waals surface area contributed by atoms with E-state index in [1.165, 1.54) is 33.5 Å². The van der Waals surface area contributed by atoms with Gasteiger partial charge in [0.05, 0.1) is 26.9 Å². The molecule has 2 aliphatic rings. The summed E-state index contributed by atoms with van der Waals surface area (Å²) >= 11 is 0. The van der Waals surface area contributed by atoms with Gasteiger partial charge in [0, 0.05) is 30.0 Å². The number of nitrogens with one attached hydrogen (secondary N) is 1. The Morgan fingerprint density at radius 3 is 2.00 bits per heavy atom. The first-order valence-electron chi connectivity index (χ1n) is 10.7. The smallest absolute Gasteiger partial charge is 0.416 e. The molecule has 2 unspecified atom stereocenters. The molecule has 6 nitrogen and oxygen atoms in total. The Bertz CT molecular complexity index is 1130. The minimum Gasteiger partial charge on any atom is -0.493 e. The van der Waals surface area contributed by atoms with Gasteiger partial charge in [-0.15, -0.1) is 0 Å². The first kappa shape index (κ1) is 23.7. The van der Waals surface area contributed by atoms with Crippen molar-refractivity contribution in [2.75, 3.05) is 21.3 Å². The maximum Gasteiger partial charge on any atom is 0.416 e. The lowest BCUT2D eigenvalue weighted by Gasteiger charge is -2.34. The van der Waals surface area contributed by atoms with Gasteiger partial charge < -0.3 is 19.5 Å². The minimum atomic E-state index is -4.46. The van der Waals surface area contributed by atoms with Gasteiger partial charge in [-0.25, -0.2) is 0 Å². The molecule has 4 rings (SSSR count). The first-order chi connectivity index (χ1) is 16.2. The summed E-state index contributed by atoms with van der Waals surface area (Å²) in [6.07, 6.45) is -3.88. The number of benzene rings is 2. The average Bonchev–Trinajstić information content (AvgIpc) is 2.81. The maximum absolute atomic E-state index is 13.3. The van der Waals surface area contributed by atoms with Gasteiger partial charge in [-0.2, -0.15) is 13.2 Å². The number of Topliss-reactive ketones (excluding diaryl/α,β-unsaturated/α-hetero) is 1. The Morgan fingerprint density at radius 2 is 1.47 bits per heavy atom. The van der Waals surface area contributed by atoms with E-state index in [0.29, 0.717) is 40.5 Å². The third-order valence-electron chi connectivity index (χ3n) is 6.33. The Hall–Kier alpha value is -3.49. The molecule has 0 radical (unpaired) electrons. The van der Waals surface area contributed by atoms with Crippen molar-refractivity contribution in [1.82, 2.24) is 5.32 Å². The number of allylic oxidation sites excluding steroid dienone is 2. The maximum atomic E-state index is 13.3. The van der Waals surface area contributed by atoms with Crippen molar-refractivity contribution in [3.63, 3.8) is 0 Å². The summed E-state index contributed by atoms with van der Waals surface area (Å²) in [6.45, 7) is 0. The van der Waals surface area contributed by atoms with E-state index in [1.54, 1.807) is 12.1 Å². The van der Waals surface area contributed by atoms with Gasteiger partial charge in [-0.3, -0.25) is 9.59 Å². The fourth-order valence-electron chi connectivity index (χ4n) is 4.72. The van der Waals surface area contributed by atoms with Crippen LogP contribution in [0.3, 0.4) is 0 Å². The minimum absolute atomic E-state index is 0.00475. The van der Waals surface area contributed by atoms with Crippen LogP contribution in [0.15, 0.2) is 47.7 Å². The van der Waals surface area contributed by atoms with Gasteiger partial charge in [-0.05, 0) is 47.7 Å². The molecule has 1 aliphatic heterocycles. The summed E-state index contributed by atoms with van der Waals surface area (Å²) in [5, 5.41) is 2.82. The van der Waals surface area contributed by atoms with Crippen LogP contribution in [0.25, 0.3) is 0 Å². The standard InChI is InChI=1S/C25H24F3NO5/c1-32-20-10-15(11-21(33-2)24(20)34-3)14-8-18-23(19(30)9-14)17(12-22(31)29-18)13-4-6-16(7-5-13)25(26,27)28/h4-7,10-11,14,17H,8-9,12H2,1-3H3,(H,29,31). The molecule has 0 bridgehead atoms. The summed E-state index contributed by atoms with van der Waals surface area (Å²) in [4.78, 5) is 25.8. The SMILES string of the molecule is COc1cc(C2CC(=O)C3=C(C2)NC(=O)CC3c2ccc(C(F)(F)F)cc2)cc(OC)c1OC. The molecular formula is C25H24F3NO5. The lowest BCUT2D eigenvalue weighted by Crippen LogP contribution is -2.38. The molecule has 0 fully saturated rings. The summed E-state index contributed by atoms with van der Waals surface area (Å²) in [6, 6.07) is 8.21. The van der Waals surface area contributed by atoms with E-state index in [4.69, 9.17) is 14.2 Å². The number of halogens is 3. The number of amides is 1. The Labute approximate surface area is 194 Å². The second-order valence-corrected chi connectivity index (χ2v) is 8.30. The zero-order valence-electron chi connectivity index (χ0n) is 18.9. The van der Waals surface area contributed by atoms with Crippen molar-refractivity contribution in [3.8, 4) is 17.2 Å². The molecule has 1 heterocycles. The van der Waals surface area contributed by atoms with Crippen LogP contribution in [0, 0.1) is 0 Å². The van der Waals surface area contributed by atoms with Crippen molar-refractivity contribution in [1.29, 1.82) is 0 Å². The van der Waals surface area contributed by atoms with Crippen molar-refractivity contribution < 1.29 is 37.0 Å². The highest BCUT2D eigenvalue weighted by Gasteiger charge is 2.39. The van der Waals surface area contributed by atoms with E-state index in [9.17, 15) is 22.8 Å². The number of carbonyl (C=O) groups excluding carboxylic acids is 2. The summed E-state index contributed by atoms with van der Waals surface area (Å²) in [7, 11) is 4.51. The predicted molar refractivity (Wildman–Crippen MR) is 117 cm³/mol. The lowest BCUT2D eigenvalue weighted by molar-refractivity contribution is -0.137. The highest BCUT2D eigenvalue weighted by atomic mass is 19.4. The molecule has 9 heteroatoms. The number of hydrogen-bond acceptors (Lipinski definition) is 5. The summed E-state index contributed by atoms with van der Waals surface area (Å²) in [5.74, 6) is 0.0980. The number of alkyl halides is 3. The Balaban J connectivity index is 1.69. The number of hydrogen-bond donors (Lipinski definition) is 1. The molecule has 0 saturated heterocycles. The Morgan fingerprint density at radius 1 is 0.853 bits per heavy atom. The molecule has 0 saturated carbocycles. The van der Waals surface area contributed by atoms with Crippen molar-refractivity contribution >= 4 is 11.7 Å². The second-order valence-electron chi connectivity index (χ2n) is 8.30. The summed E-state index contributed by atoms with van der Waals surface area (Å²) in [5.41, 5.74) is 1.50. The highest BCUT2D eigenvalue weighted by Crippen LogP contribution is 2.46. The van der Waals surface area contributed by atoms with Crippen LogP contribution >= 0.6 is 0 Å². The van der Waals surface area contributed by atoms with E-state index >= 15 is 0 Å². The molecule has 1 amide bonds. The second kappa shape index (κ2) is 9.04. The normalized spacial score (nSPS) is 20.5. The number of ether oxygens (including phenoxy) is 3. The van der Waals surface area contributed by atoms with Crippen molar-refractivity contribution in [2.24, 2.45) is 0 Å². The molecule has 180 valence electrons. The number of ketones is 1. The molecular weight excluding hydrogens is 451 g/mol. The number of methoxy groups -OCH3 is 3. The first-order valence-corrected chi connectivity index (χ1v) is 10.7. The highest BCUT2D eigenvalue weighted by molar-refractivity contribution is 6.02. The van der Waals surface area contributed by atoms with Crippen LogP contribution in [-0.2, 0) is 15.8 Å². The molecule has 34 heavy (non-hydrogen) atoms. The molecule has 1 aliphatic carbocycles. The van der Waals surface area contributed by atoms with Crippen LogP contribution in [0.2, 0.25) is 0 Å². The van der Waals surface area contributed by atoms with Crippen LogP contribution in [0.4, 0.5) is 13.2 Å². The van der Waals surface area contributed by atoms with Crippen molar-refractivity contribution in [2.45, 2.75) is 37.3 Å². The van der Waals surface area contributed by atoms with E-state index in [0.717, 1.165) is 17.7 Å². The topological polar surface area (TPSA) is 73.9 Å². The van der Waals surface area contributed by atoms with Gasteiger partial charge in [0.1, 0.15) is 0 Å². The van der Waals surface area contributed by atoms with Gasteiger partial charge in [0.15, 0.2) is 17.3 Å². The lowest BCUT2D eigenvalue weighted by atomic mass is 9.73.